The van der Waals surface area contributed by atoms with Crippen molar-refractivity contribution in [3.8, 4) is 0 Å². The second-order valence-corrected chi connectivity index (χ2v) is 3.18. The van der Waals surface area contributed by atoms with Crippen LogP contribution in [0.15, 0.2) is 5.16 Å². The summed E-state index contributed by atoms with van der Waals surface area (Å²) in [6.45, 7) is 5.57. The third-order valence-corrected chi connectivity index (χ3v) is 1.96. The van der Waals surface area contributed by atoms with Crippen LogP contribution in [0, 0.1) is 0 Å². The van der Waals surface area contributed by atoms with Crippen LogP contribution in [-0.4, -0.2) is 49.3 Å². The molecule has 0 amide bonds. The number of amidine groups is 1. The normalized spacial score (nSPS) is 12.4. The van der Waals surface area contributed by atoms with Gasteiger partial charge in [-0.3, -0.25) is 0 Å². The number of methoxy groups -OCH3 is 1. The first-order valence-corrected chi connectivity index (χ1v) is 4.92. The molecular weight excluding hydrogens is 182 g/mol. The molecule has 0 aliphatic rings. The van der Waals surface area contributed by atoms with Crippen molar-refractivity contribution >= 4 is 5.84 Å². The monoisotopic (exact) mass is 203 g/mol. The molecule has 0 bridgehead atoms. The van der Waals surface area contributed by atoms with Gasteiger partial charge in [0, 0.05) is 26.6 Å². The molecule has 0 saturated heterocycles. The van der Waals surface area contributed by atoms with Crippen molar-refractivity contribution in [2.24, 2.45) is 10.9 Å². The van der Waals surface area contributed by atoms with Gasteiger partial charge in [-0.05, 0) is 13.0 Å². The maximum absolute atomic E-state index is 8.37. The predicted octanol–water partition coefficient (Wildman–Crippen LogP) is 0.481. The van der Waals surface area contributed by atoms with E-state index in [4.69, 9.17) is 15.7 Å². The van der Waals surface area contributed by atoms with Crippen molar-refractivity contribution in [3.63, 3.8) is 0 Å². The van der Waals surface area contributed by atoms with Gasteiger partial charge in [0.05, 0.1) is 6.61 Å². The molecule has 0 aromatic carbocycles. The summed E-state index contributed by atoms with van der Waals surface area (Å²) in [5, 5.41) is 11.3. The van der Waals surface area contributed by atoms with Gasteiger partial charge in [0.1, 0.15) is 5.84 Å². The highest BCUT2D eigenvalue weighted by Crippen LogP contribution is 1.94. The highest BCUT2D eigenvalue weighted by Gasteiger charge is 2.04. The molecule has 0 unspecified atom stereocenters. The van der Waals surface area contributed by atoms with Gasteiger partial charge in [-0.2, -0.15) is 0 Å². The van der Waals surface area contributed by atoms with Crippen molar-refractivity contribution in [3.05, 3.63) is 0 Å². The fourth-order valence-electron chi connectivity index (χ4n) is 1.19. The largest absolute Gasteiger partial charge is 0.409 e. The SMILES string of the molecule is CCCN(CCOC)CCC(N)=NO. The molecule has 0 aliphatic carbocycles. The van der Waals surface area contributed by atoms with Gasteiger partial charge in [0.25, 0.3) is 0 Å². The Morgan fingerprint density at radius 3 is 2.64 bits per heavy atom. The zero-order valence-corrected chi connectivity index (χ0v) is 9.07. The molecule has 5 nitrogen and oxygen atoms in total. The van der Waals surface area contributed by atoms with Crippen molar-refractivity contribution < 1.29 is 9.94 Å². The molecule has 0 fully saturated rings. The standard InChI is InChI=1S/C9H21N3O2/c1-3-5-12(7-8-14-2)6-4-9(10)11-13/h13H,3-8H2,1-2H3,(H2,10,11). The van der Waals surface area contributed by atoms with Crippen LogP contribution in [0.1, 0.15) is 19.8 Å². The summed E-state index contributed by atoms with van der Waals surface area (Å²) in [4.78, 5) is 2.24. The van der Waals surface area contributed by atoms with E-state index in [2.05, 4.69) is 17.0 Å². The van der Waals surface area contributed by atoms with E-state index in [1.807, 2.05) is 0 Å². The van der Waals surface area contributed by atoms with Crippen LogP contribution in [0.4, 0.5) is 0 Å². The third kappa shape index (κ3) is 6.68. The molecule has 3 N–H and O–H groups in total. The minimum atomic E-state index is 0.281. The molecule has 0 heterocycles. The molecular formula is C9H21N3O2. The third-order valence-electron chi connectivity index (χ3n) is 1.96. The smallest absolute Gasteiger partial charge is 0.140 e. The Balaban J connectivity index is 3.71. The van der Waals surface area contributed by atoms with Crippen LogP contribution in [-0.2, 0) is 4.74 Å². The first-order chi connectivity index (χ1) is 6.74. The molecule has 0 aliphatic heterocycles. The number of hydrogen-bond donors (Lipinski definition) is 2. The zero-order valence-electron chi connectivity index (χ0n) is 9.07. The Kier molecular flexibility index (Phi) is 8.27. The van der Waals surface area contributed by atoms with Gasteiger partial charge in [-0.15, -0.1) is 0 Å². The molecule has 0 spiro atoms. The maximum Gasteiger partial charge on any atom is 0.140 e. The topological polar surface area (TPSA) is 71.1 Å². The molecule has 14 heavy (non-hydrogen) atoms. The van der Waals surface area contributed by atoms with E-state index in [1.165, 1.54) is 0 Å². The summed E-state index contributed by atoms with van der Waals surface area (Å²) in [6, 6.07) is 0. The van der Waals surface area contributed by atoms with Crippen molar-refractivity contribution in [2.75, 3.05) is 33.4 Å². The molecule has 0 atom stereocenters. The van der Waals surface area contributed by atoms with Gasteiger partial charge < -0.3 is 20.6 Å². The Bertz CT molecular complexity index is 162. The minimum Gasteiger partial charge on any atom is -0.409 e. The lowest BCUT2D eigenvalue weighted by atomic mass is 10.3. The Labute approximate surface area is 85.5 Å². The number of ether oxygens (including phenoxy) is 1. The zero-order chi connectivity index (χ0) is 10.8. The molecule has 0 radical (unpaired) electrons. The van der Waals surface area contributed by atoms with Crippen molar-refractivity contribution in [1.82, 2.24) is 4.90 Å². The van der Waals surface area contributed by atoms with E-state index in [1.54, 1.807) is 7.11 Å². The first kappa shape index (κ1) is 13.2. The average molecular weight is 203 g/mol. The Morgan fingerprint density at radius 1 is 1.43 bits per heavy atom. The van der Waals surface area contributed by atoms with E-state index in [9.17, 15) is 0 Å². The lowest BCUT2D eigenvalue weighted by Gasteiger charge is -2.20. The number of nitrogens with two attached hydrogens (primary N) is 1. The second-order valence-electron chi connectivity index (χ2n) is 3.18. The lowest BCUT2D eigenvalue weighted by Crippen LogP contribution is -2.31. The fourth-order valence-corrected chi connectivity index (χ4v) is 1.19. The van der Waals surface area contributed by atoms with Crippen LogP contribution in [0.5, 0.6) is 0 Å². The lowest BCUT2D eigenvalue weighted by molar-refractivity contribution is 0.149. The number of hydrogen-bond acceptors (Lipinski definition) is 4. The number of nitrogens with zero attached hydrogens (tertiary/aromatic N) is 2. The van der Waals surface area contributed by atoms with E-state index >= 15 is 0 Å². The van der Waals surface area contributed by atoms with Crippen molar-refractivity contribution in [2.45, 2.75) is 19.8 Å². The van der Waals surface area contributed by atoms with Crippen LogP contribution >= 0.6 is 0 Å². The van der Waals surface area contributed by atoms with Crippen LogP contribution < -0.4 is 5.73 Å². The van der Waals surface area contributed by atoms with Crippen LogP contribution in [0.2, 0.25) is 0 Å². The molecule has 0 aromatic rings. The van der Waals surface area contributed by atoms with Gasteiger partial charge in [-0.25, -0.2) is 0 Å². The molecule has 84 valence electrons. The average Bonchev–Trinajstić information content (AvgIpc) is 2.21. The van der Waals surface area contributed by atoms with Crippen LogP contribution in [0.25, 0.3) is 0 Å². The van der Waals surface area contributed by atoms with E-state index in [-0.39, 0.29) is 5.84 Å². The van der Waals surface area contributed by atoms with E-state index < -0.39 is 0 Å². The summed E-state index contributed by atoms with van der Waals surface area (Å²) in [7, 11) is 1.69. The summed E-state index contributed by atoms with van der Waals surface area (Å²) in [6.07, 6.45) is 1.69. The number of rotatable bonds is 8. The highest BCUT2D eigenvalue weighted by atomic mass is 16.5. The highest BCUT2D eigenvalue weighted by molar-refractivity contribution is 5.79. The Hall–Kier alpha value is -0.810. The fraction of sp³-hybridized carbons (Fsp3) is 0.889. The van der Waals surface area contributed by atoms with E-state index in [0.29, 0.717) is 6.42 Å². The quantitative estimate of drug-likeness (QED) is 0.260. The van der Waals surface area contributed by atoms with E-state index in [0.717, 1.165) is 32.7 Å². The summed E-state index contributed by atoms with van der Waals surface area (Å²) in [5.74, 6) is 0.281. The minimum absolute atomic E-state index is 0.281. The number of oxime groups is 1. The second kappa shape index (κ2) is 8.77. The van der Waals surface area contributed by atoms with Crippen molar-refractivity contribution in [1.29, 1.82) is 0 Å². The molecule has 0 aromatic heterocycles. The molecule has 0 saturated carbocycles. The summed E-state index contributed by atoms with van der Waals surface area (Å²) < 4.78 is 5.00. The van der Waals surface area contributed by atoms with Gasteiger partial charge >= 0.3 is 0 Å². The Morgan fingerprint density at radius 2 is 2.14 bits per heavy atom. The van der Waals surface area contributed by atoms with Gasteiger partial charge in [0.15, 0.2) is 0 Å². The summed E-state index contributed by atoms with van der Waals surface area (Å²) in [5.41, 5.74) is 5.39. The van der Waals surface area contributed by atoms with Crippen LogP contribution in [0.3, 0.4) is 0 Å². The summed E-state index contributed by atoms with van der Waals surface area (Å²) >= 11 is 0. The first-order valence-electron chi connectivity index (χ1n) is 4.92. The van der Waals surface area contributed by atoms with Gasteiger partial charge in [-0.1, -0.05) is 12.1 Å². The van der Waals surface area contributed by atoms with Gasteiger partial charge in [0.2, 0.25) is 0 Å². The predicted molar refractivity (Wildman–Crippen MR) is 56.6 cm³/mol. The molecule has 0 rings (SSSR count). The maximum atomic E-state index is 8.37. The molecule has 5 heteroatoms.